The molecule has 3 nitrogen and oxygen atoms in total. The zero-order valence-electron chi connectivity index (χ0n) is 11.7. The molecule has 0 aliphatic carbocycles. The summed E-state index contributed by atoms with van der Waals surface area (Å²) >= 11 is 5.67. The van der Waals surface area contributed by atoms with Gasteiger partial charge in [-0.05, 0) is 36.9 Å². The first-order valence-electron chi connectivity index (χ1n) is 6.63. The summed E-state index contributed by atoms with van der Waals surface area (Å²) in [7, 11) is 1.91. The molecule has 0 aromatic heterocycles. The van der Waals surface area contributed by atoms with Gasteiger partial charge in [0, 0.05) is 12.6 Å². The molecule has 0 spiro atoms. The van der Waals surface area contributed by atoms with Gasteiger partial charge in [-0.1, -0.05) is 23.7 Å². The molecular formula is C16H17ClFNO2. The van der Waals surface area contributed by atoms with Gasteiger partial charge in [0.2, 0.25) is 0 Å². The fourth-order valence-corrected chi connectivity index (χ4v) is 1.96. The quantitative estimate of drug-likeness (QED) is 0.792. The van der Waals surface area contributed by atoms with E-state index in [2.05, 4.69) is 5.32 Å². The van der Waals surface area contributed by atoms with Gasteiger partial charge in [0.05, 0.1) is 5.02 Å². The van der Waals surface area contributed by atoms with Gasteiger partial charge in [0.25, 0.3) is 0 Å². The Hall–Kier alpha value is -1.78. The molecule has 5 heteroatoms. The van der Waals surface area contributed by atoms with E-state index in [1.54, 1.807) is 0 Å². The third-order valence-corrected chi connectivity index (χ3v) is 3.11. The first-order chi connectivity index (χ1) is 10.2. The van der Waals surface area contributed by atoms with E-state index >= 15 is 0 Å². The maximum Gasteiger partial charge on any atom is 0.142 e. The van der Waals surface area contributed by atoms with Crippen molar-refractivity contribution in [3.05, 3.63) is 58.9 Å². The Kier molecular flexibility index (Phi) is 5.84. The summed E-state index contributed by atoms with van der Waals surface area (Å²) < 4.78 is 24.0. The van der Waals surface area contributed by atoms with Crippen LogP contribution in [0.1, 0.15) is 5.56 Å². The normalized spacial score (nSPS) is 10.4. The van der Waals surface area contributed by atoms with E-state index in [9.17, 15) is 4.39 Å². The van der Waals surface area contributed by atoms with Gasteiger partial charge in [0.15, 0.2) is 0 Å². The third kappa shape index (κ3) is 4.92. The maximum absolute atomic E-state index is 13.0. The second-order valence-electron chi connectivity index (χ2n) is 4.45. The third-order valence-electron chi connectivity index (χ3n) is 2.82. The van der Waals surface area contributed by atoms with E-state index in [0.29, 0.717) is 19.0 Å². The van der Waals surface area contributed by atoms with Crippen molar-refractivity contribution in [3.63, 3.8) is 0 Å². The molecule has 0 saturated carbocycles. The number of ether oxygens (including phenoxy) is 2. The van der Waals surface area contributed by atoms with Crippen LogP contribution in [0.3, 0.4) is 0 Å². The fourth-order valence-electron chi connectivity index (χ4n) is 1.79. The van der Waals surface area contributed by atoms with Crippen LogP contribution in [0.25, 0.3) is 0 Å². The van der Waals surface area contributed by atoms with E-state index in [-0.39, 0.29) is 5.02 Å². The van der Waals surface area contributed by atoms with Gasteiger partial charge >= 0.3 is 0 Å². The lowest BCUT2D eigenvalue weighted by Gasteiger charge is -2.09. The molecule has 112 valence electrons. The van der Waals surface area contributed by atoms with Crippen molar-refractivity contribution < 1.29 is 13.9 Å². The Bertz CT molecular complexity index is 575. The highest BCUT2D eigenvalue weighted by molar-refractivity contribution is 6.30. The second-order valence-corrected chi connectivity index (χ2v) is 4.85. The lowest BCUT2D eigenvalue weighted by Crippen LogP contribution is -2.09. The van der Waals surface area contributed by atoms with Crippen molar-refractivity contribution in [2.45, 2.75) is 6.54 Å². The zero-order chi connectivity index (χ0) is 15.1. The van der Waals surface area contributed by atoms with Crippen LogP contribution in [0, 0.1) is 5.82 Å². The molecule has 0 amide bonds. The SMILES string of the molecule is CNCc1ccc(OCCOc2ccc(F)c(Cl)c2)cc1. The Morgan fingerprint density at radius 1 is 1.00 bits per heavy atom. The molecule has 0 bridgehead atoms. The zero-order valence-corrected chi connectivity index (χ0v) is 12.5. The van der Waals surface area contributed by atoms with Crippen LogP contribution in [0.5, 0.6) is 11.5 Å². The summed E-state index contributed by atoms with van der Waals surface area (Å²) in [5.41, 5.74) is 1.20. The molecule has 0 atom stereocenters. The minimum absolute atomic E-state index is 0.0496. The van der Waals surface area contributed by atoms with Crippen molar-refractivity contribution >= 4 is 11.6 Å². The van der Waals surface area contributed by atoms with Crippen LogP contribution in [0.4, 0.5) is 4.39 Å². The smallest absolute Gasteiger partial charge is 0.142 e. The Morgan fingerprint density at radius 3 is 2.24 bits per heavy atom. The van der Waals surface area contributed by atoms with Crippen molar-refractivity contribution in [2.75, 3.05) is 20.3 Å². The highest BCUT2D eigenvalue weighted by atomic mass is 35.5. The molecule has 0 unspecified atom stereocenters. The lowest BCUT2D eigenvalue weighted by molar-refractivity contribution is 0.217. The molecule has 0 aliphatic rings. The second kappa shape index (κ2) is 7.86. The average molecular weight is 310 g/mol. The van der Waals surface area contributed by atoms with Crippen molar-refractivity contribution in [1.82, 2.24) is 5.32 Å². The van der Waals surface area contributed by atoms with Gasteiger partial charge in [-0.2, -0.15) is 0 Å². The van der Waals surface area contributed by atoms with Crippen molar-refractivity contribution in [2.24, 2.45) is 0 Å². The summed E-state index contributed by atoms with van der Waals surface area (Å²) in [5.74, 6) is 0.854. The first kappa shape index (κ1) is 15.6. The van der Waals surface area contributed by atoms with Crippen LogP contribution < -0.4 is 14.8 Å². The van der Waals surface area contributed by atoms with E-state index in [1.165, 1.54) is 23.8 Å². The molecule has 2 aromatic carbocycles. The number of rotatable bonds is 7. The van der Waals surface area contributed by atoms with E-state index in [0.717, 1.165) is 12.3 Å². The first-order valence-corrected chi connectivity index (χ1v) is 7.01. The fraction of sp³-hybridized carbons (Fsp3) is 0.250. The molecule has 0 radical (unpaired) electrons. The molecular weight excluding hydrogens is 293 g/mol. The maximum atomic E-state index is 13.0. The number of halogens is 2. The predicted molar refractivity (Wildman–Crippen MR) is 81.6 cm³/mol. The Balaban J connectivity index is 1.75. The summed E-state index contributed by atoms with van der Waals surface area (Å²) in [6.45, 7) is 1.59. The minimum Gasteiger partial charge on any atom is -0.490 e. The molecule has 0 aliphatic heterocycles. The Morgan fingerprint density at radius 2 is 1.62 bits per heavy atom. The molecule has 1 N–H and O–H groups in total. The highest BCUT2D eigenvalue weighted by Crippen LogP contribution is 2.21. The Labute approximate surface area is 128 Å². The average Bonchev–Trinajstić information content (AvgIpc) is 2.49. The van der Waals surface area contributed by atoms with Gasteiger partial charge in [0.1, 0.15) is 30.5 Å². The number of benzene rings is 2. The summed E-state index contributed by atoms with van der Waals surface area (Å²) in [6, 6.07) is 12.1. The van der Waals surface area contributed by atoms with Gasteiger partial charge in [-0.3, -0.25) is 0 Å². The molecule has 0 heterocycles. The summed E-state index contributed by atoms with van der Waals surface area (Å²) in [6.07, 6.45) is 0. The molecule has 0 fully saturated rings. The largest absolute Gasteiger partial charge is 0.490 e. The standard InChI is InChI=1S/C16H17ClFNO2/c1-19-11-12-2-4-13(5-3-12)20-8-9-21-14-6-7-16(18)15(17)10-14/h2-7,10,19H,8-9,11H2,1H3. The van der Waals surface area contributed by atoms with E-state index in [1.807, 2.05) is 31.3 Å². The topological polar surface area (TPSA) is 30.5 Å². The van der Waals surface area contributed by atoms with Crippen LogP contribution >= 0.6 is 11.6 Å². The van der Waals surface area contributed by atoms with Gasteiger partial charge in [-0.15, -0.1) is 0 Å². The van der Waals surface area contributed by atoms with Crippen molar-refractivity contribution in [3.8, 4) is 11.5 Å². The minimum atomic E-state index is -0.457. The number of nitrogens with one attached hydrogen (secondary N) is 1. The van der Waals surface area contributed by atoms with Crippen LogP contribution in [0.2, 0.25) is 5.02 Å². The monoisotopic (exact) mass is 309 g/mol. The molecule has 21 heavy (non-hydrogen) atoms. The van der Waals surface area contributed by atoms with Crippen molar-refractivity contribution in [1.29, 1.82) is 0 Å². The van der Waals surface area contributed by atoms with E-state index < -0.39 is 5.82 Å². The lowest BCUT2D eigenvalue weighted by atomic mass is 10.2. The van der Waals surface area contributed by atoms with Gasteiger partial charge < -0.3 is 14.8 Å². The molecule has 2 rings (SSSR count). The van der Waals surface area contributed by atoms with Gasteiger partial charge in [-0.25, -0.2) is 4.39 Å². The predicted octanol–water partition coefficient (Wildman–Crippen LogP) is 3.66. The number of hydrogen-bond acceptors (Lipinski definition) is 3. The van der Waals surface area contributed by atoms with E-state index in [4.69, 9.17) is 21.1 Å². The van der Waals surface area contributed by atoms with Crippen LogP contribution in [-0.4, -0.2) is 20.3 Å². The van der Waals surface area contributed by atoms with Crippen LogP contribution in [0.15, 0.2) is 42.5 Å². The van der Waals surface area contributed by atoms with Crippen LogP contribution in [-0.2, 0) is 6.54 Å². The summed E-state index contributed by atoms with van der Waals surface area (Å²) in [4.78, 5) is 0. The highest BCUT2D eigenvalue weighted by Gasteiger charge is 2.02. The molecule has 0 saturated heterocycles. The molecule has 2 aromatic rings. The summed E-state index contributed by atoms with van der Waals surface area (Å²) in [5, 5.41) is 3.13. The number of hydrogen-bond donors (Lipinski definition) is 1.